The molecular weight excluding hydrogens is 295 g/mol. The summed E-state index contributed by atoms with van der Waals surface area (Å²) in [5.41, 5.74) is 3.33. The number of fused-ring (bicyclic) bond motifs is 3. The second-order valence-electron chi connectivity index (χ2n) is 5.09. The van der Waals surface area contributed by atoms with Crippen LogP contribution >= 0.6 is 0 Å². The summed E-state index contributed by atoms with van der Waals surface area (Å²) in [5, 5.41) is 0.761. The molecule has 1 aromatic heterocycles. The third kappa shape index (κ3) is 2.54. The number of hydrogen-bond donors (Lipinski definition) is 1. The monoisotopic (exact) mass is 310 g/mol. The average Bonchev–Trinajstić information content (AvgIpc) is 2.69. The molecule has 7 heteroatoms. The van der Waals surface area contributed by atoms with E-state index < -0.39 is 10.0 Å². The molecule has 5 nitrogen and oxygen atoms in total. The number of benzene rings is 1. The highest BCUT2D eigenvalue weighted by Gasteiger charge is 2.23. The third-order valence-corrected chi connectivity index (χ3v) is 4.09. The van der Waals surface area contributed by atoms with Crippen LogP contribution in [-0.4, -0.2) is 25.8 Å². The zero-order chi connectivity index (χ0) is 15.2. The summed E-state index contributed by atoms with van der Waals surface area (Å²) in [4.78, 5) is 0. The molecule has 1 N–H and O–H groups in total. The standard InChI is InChI=1S/C14H15FN2O3S/c1-17-12-4-3-10(15)5-11(12)14-9(6-16-21(2,18)19)7-20-8-13(14)17/h3-6,16H,7-8H2,1-2H3/b9-6+. The van der Waals surface area contributed by atoms with Crippen molar-refractivity contribution < 1.29 is 17.5 Å². The Labute approximate surface area is 122 Å². The smallest absolute Gasteiger partial charge is 0.229 e. The van der Waals surface area contributed by atoms with E-state index in [2.05, 4.69) is 4.72 Å². The summed E-state index contributed by atoms with van der Waals surface area (Å²) >= 11 is 0. The van der Waals surface area contributed by atoms with Crippen LogP contribution < -0.4 is 4.72 Å². The fourth-order valence-corrected chi connectivity index (χ4v) is 2.98. The number of ether oxygens (including phenoxy) is 1. The molecule has 0 fully saturated rings. The fraction of sp³-hybridized carbons (Fsp3) is 0.286. The fourth-order valence-electron chi connectivity index (χ4n) is 2.62. The molecule has 112 valence electrons. The molecule has 0 unspecified atom stereocenters. The molecule has 2 heterocycles. The van der Waals surface area contributed by atoms with Gasteiger partial charge in [-0.25, -0.2) is 12.8 Å². The quantitative estimate of drug-likeness (QED) is 0.919. The van der Waals surface area contributed by atoms with Gasteiger partial charge in [0.25, 0.3) is 0 Å². The second kappa shape index (κ2) is 4.85. The first kappa shape index (κ1) is 14.1. The molecule has 0 spiro atoms. The zero-order valence-corrected chi connectivity index (χ0v) is 12.5. The maximum Gasteiger partial charge on any atom is 0.229 e. The summed E-state index contributed by atoms with van der Waals surface area (Å²) in [6.07, 6.45) is 2.50. The van der Waals surface area contributed by atoms with Gasteiger partial charge in [-0.3, -0.25) is 4.72 Å². The predicted octanol–water partition coefficient (Wildman–Crippen LogP) is 1.74. The van der Waals surface area contributed by atoms with Gasteiger partial charge in [-0.05, 0) is 18.2 Å². The zero-order valence-electron chi connectivity index (χ0n) is 11.7. The van der Waals surface area contributed by atoms with Crippen LogP contribution in [0.2, 0.25) is 0 Å². The molecule has 0 saturated heterocycles. The van der Waals surface area contributed by atoms with Crippen LogP contribution in [0.5, 0.6) is 0 Å². The SMILES string of the molecule is Cn1c2c(c3cc(F)ccc31)/C(=C/NS(C)(=O)=O)COC2. The van der Waals surface area contributed by atoms with Gasteiger partial charge in [0, 0.05) is 35.3 Å². The van der Waals surface area contributed by atoms with Gasteiger partial charge in [-0.2, -0.15) is 0 Å². The highest BCUT2D eigenvalue weighted by Crippen LogP contribution is 2.35. The molecule has 1 aliphatic rings. The van der Waals surface area contributed by atoms with Crippen LogP contribution in [0.4, 0.5) is 4.39 Å². The van der Waals surface area contributed by atoms with Crippen molar-refractivity contribution in [2.24, 2.45) is 7.05 Å². The van der Waals surface area contributed by atoms with Crippen molar-refractivity contribution in [2.75, 3.05) is 12.9 Å². The van der Waals surface area contributed by atoms with Crippen molar-refractivity contribution in [3.63, 3.8) is 0 Å². The van der Waals surface area contributed by atoms with Crippen molar-refractivity contribution >= 4 is 26.5 Å². The summed E-state index contributed by atoms with van der Waals surface area (Å²) in [6.45, 7) is 0.698. The van der Waals surface area contributed by atoms with Crippen molar-refractivity contribution in [2.45, 2.75) is 6.61 Å². The maximum absolute atomic E-state index is 13.5. The number of hydrogen-bond acceptors (Lipinski definition) is 3. The Morgan fingerprint density at radius 1 is 1.38 bits per heavy atom. The Morgan fingerprint density at radius 3 is 2.86 bits per heavy atom. The summed E-state index contributed by atoms with van der Waals surface area (Å²) in [6, 6.07) is 4.59. The van der Waals surface area contributed by atoms with Crippen molar-refractivity contribution in [1.82, 2.24) is 9.29 Å². The van der Waals surface area contributed by atoms with E-state index in [0.29, 0.717) is 12.2 Å². The lowest BCUT2D eigenvalue weighted by atomic mass is 10.0. The Balaban J connectivity index is 2.23. The van der Waals surface area contributed by atoms with E-state index in [-0.39, 0.29) is 12.4 Å². The second-order valence-corrected chi connectivity index (χ2v) is 6.87. The van der Waals surface area contributed by atoms with Gasteiger partial charge in [0.1, 0.15) is 5.82 Å². The van der Waals surface area contributed by atoms with Gasteiger partial charge in [0.05, 0.1) is 25.2 Å². The number of nitrogens with one attached hydrogen (secondary N) is 1. The minimum absolute atomic E-state index is 0.283. The first-order valence-corrected chi connectivity index (χ1v) is 8.27. The number of aromatic nitrogens is 1. The minimum Gasteiger partial charge on any atom is -0.370 e. The lowest BCUT2D eigenvalue weighted by Gasteiger charge is -2.18. The van der Waals surface area contributed by atoms with Gasteiger partial charge in [-0.15, -0.1) is 0 Å². The Bertz CT molecular complexity index is 853. The van der Waals surface area contributed by atoms with Gasteiger partial charge < -0.3 is 9.30 Å². The minimum atomic E-state index is -3.34. The van der Waals surface area contributed by atoms with Crippen LogP contribution in [0.15, 0.2) is 24.4 Å². The number of sulfonamides is 1. The van der Waals surface area contributed by atoms with Gasteiger partial charge in [-0.1, -0.05) is 0 Å². The first-order valence-electron chi connectivity index (χ1n) is 6.38. The topological polar surface area (TPSA) is 60.3 Å². The number of halogens is 1. The van der Waals surface area contributed by atoms with Crippen molar-refractivity contribution in [3.8, 4) is 0 Å². The molecule has 0 atom stereocenters. The van der Waals surface area contributed by atoms with Crippen LogP contribution in [0.25, 0.3) is 16.5 Å². The molecular formula is C14H15FN2O3S. The maximum atomic E-state index is 13.5. The van der Waals surface area contributed by atoms with E-state index in [1.807, 2.05) is 11.6 Å². The van der Waals surface area contributed by atoms with Crippen LogP contribution in [0.1, 0.15) is 11.3 Å². The van der Waals surface area contributed by atoms with Crippen molar-refractivity contribution in [1.29, 1.82) is 0 Å². The van der Waals surface area contributed by atoms with E-state index in [1.54, 1.807) is 6.07 Å². The third-order valence-electron chi connectivity index (χ3n) is 3.55. The Hall–Kier alpha value is -1.86. The molecule has 1 aromatic carbocycles. The average molecular weight is 310 g/mol. The van der Waals surface area contributed by atoms with Gasteiger partial charge in [0.2, 0.25) is 10.0 Å². The van der Waals surface area contributed by atoms with E-state index in [1.165, 1.54) is 18.3 Å². The molecule has 0 aliphatic carbocycles. The van der Waals surface area contributed by atoms with Crippen molar-refractivity contribution in [3.05, 3.63) is 41.5 Å². The number of aryl methyl sites for hydroxylation is 1. The number of rotatable bonds is 2. The first-order chi connectivity index (χ1) is 9.87. The lowest BCUT2D eigenvalue weighted by Crippen LogP contribution is -2.18. The van der Waals surface area contributed by atoms with Crippen LogP contribution in [-0.2, 0) is 28.4 Å². The van der Waals surface area contributed by atoms with Crippen LogP contribution in [0.3, 0.4) is 0 Å². The van der Waals surface area contributed by atoms with E-state index in [0.717, 1.165) is 28.4 Å². The highest BCUT2D eigenvalue weighted by atomic mass is 32.2. The molecule has 3 rings (SSSR count). The molecule has 0 saturated carbocycles. The summed E-state index contributed by atoms with van der Waals surface area (Å²) < 4.78 is 45.8. The van der Waals surface area contributed by atoms with Gasteiger partial charge >= 0.3 is 0 Å². The molecule has 0 bridgehead atoms. The van der Waals surface area contributed by atoms with Crippen LogP contribution in [0, 0.1) is 5.82 Å². The largest absolute Gasteiger partial charge is 0.370 e. The van der Waals surface area contributed by atoms with E-state index in [4.69, 9.17) is 4.74 Å². The number of nitrogens with zero attached hydrogens (tertiary/aromatic N) is 1. The molecule has 21 heavy (non-hydrogen) atoms. The van der Waals surface area contributed by atoms with E-state index >= 15 is 0 Å². The Kier molecular flexibility index (Phi) is 3.26. The molecule has 0 amide bonds. The Morgan fingerprint density at radius 2 is 2.14 bits per heavy atom. The van der Waals surface area contributed by atoms with E-state index in [9.17, 15) is 12.8 Å². The lowest BCUT2D eigenvalue weighted by molar-refractivity contribution is 0.141. The predicted molar refractivity (Wildman–Crippen MR) is 78.5 cm³/mol. The summed E-state index contributed by atoms with van der Waals surface area (Å²) in [7, 11) is -1.46. The molecule has 0 radical (unpaired) electrons. The molecule has 2 aromatic rings. The normalized spacial score (nSPS) is 17.2. The molecule has 1 aliphatic heterocycles. The van der Waals surface area contributed by atoms with Gasteiger partial charge in [0.15, 0.2) is 0 Å². The highest BCUT2D eigenvalue weighted by molar-refractivity contribution is 7.88. The summed E-state index contributed by atoms with van der Waals surface area (Å²) in [5.74, 6) is -0.321.